The number of sulfone groups is 1. The molecule has 3 aromatic carbocycles. The lowest BCUT2D eigenvalue weighted by molar-refractivity contribution is -0.145. The summed E-state index contributed by atoms with van der Waals surface area (Å²) in [6.07, 6.45) is 5.99. The third kappa shape index (κ3) is 10.4. The molecule has 3 aromatic heterocycles. The summed E-state index contributed by atoms with van der Waals surface area (Å²) in [4.78, 5) is 59.8. The first-order valence-corrected chi connectivity index (χ1v) is 25.2. The maximum atomic E-state index is 13.8. The van der Waals surface area contributed by atoms with Gasteiger partial charge in [-0.05, 0) is 96.2 Å². The molecule has 17 nitrogen and oxygen atoms in total. The lowest BCUT2D eigenvalue weighted by Crippen LogP contribution is -2.52. The van der Waals surface area contributed by atoms with Crippen molar-refractivity contribution in [2.75, 3.05) is 33.6 Å². The van der Waals surface area contributed by atoms with Gasteiger partial charge in [-0.2, -0.15) is 0 Å². The molecule has 2 fully saturated rings. The van der Waals surface area contributed by atoms with Crippen LogP contribution in [-0.4, -0.2) is 118 Å². The number of aliphatic hydroxyl groups is 1. The number of aromatic nitrogens is 5. The van der Waals surface area contributed by atoms with E-state index < -0.39 is 34.4 Å². The molecule has 0 radical (unpaired) electrons. The van der Waals surface area contributed by atoms with Crippen molar-refractivity contribution in [3.8, 4) is 50.7 Å². The van der Waals surface area contributed by atoms with E-state index in [-0.39, 0.29) is 40.6 Å². The monoisotopic (exact) mass is 959 g/mol. The van der Waals surface area contributed by atoms with Crippen molar-refractivity contribution in [3.63, 3.8) is 0 Å². The van der Waals surface area contributed by atoms with E-state index in [1.54, 1.807) is 29.4 Å². The normalized spacial score (nSPS) is 17.7. The number of imidazole rings is 2. The van der Waals surface area contributed by atoms with Crippen LogP contribution < -0.4 is 10.6 Å². The highest BCUT2D eigenvalue weighted by atomic mass is 32.2. The van der Waals surface area contributed by atoms with Gasteiger partial charge in [-0.1, -0.05) is 76.2 Å². The Balaban J connectivity index is 1.04. The van der Waals surface area contributed by atoms with Crippen LogP contribution in [0.3, 0.4) is 0 Å². The van der Waals surface area contributed by atoms with Gasteiger partial charge in [0, 0.05) is 32.1 Å². The van der Waals surface area contributed by atoms with Crippen molar-refractivity contribution in [3.05, 3.63) is 109 Å². The number of alkyl carbamates (subject to hydrolysis) is 1. The van der Waals surface area contributed by atoms with E-state index in [9.17, 15) is 27.9 Å². The standard InChI is InChI=1S/C51H61N9O8S/c1-30(2)44(56-50(63)67-5)48(61)58-26-8-10-42(58)46-52-28-38(54-46)32-12-16-34(17-13-32)40-24-25-41(60(40)36-20-22-37(23-21-36)69(7,65)66)35-18-14-33(15-19-35)39-29-53-47(55-39)43-11-9-27-59(43)49(62)45(31(3)4)57-51(64)68-6/h12-25,28-31,42-45,50,56,63H,8-11,26-27H2,1-7H3,(H,52,54)(H,53,55)(H,57,64)/t42-,43-,44-,45-,50?/m0/s1. The Kier molecular flexibility index (Phi) is 14.5. The zero-order valence-corrected chi connectivity index (χ0v) is 40.8. The number of methoxy groups -OCH3 is 2. The third-order valence-electron chi connectivity index (χ3n) is 13.2. The number of rotatable bonds is 16. The molecule has 8 rings (SSSR count). The number of aromatic amines is 2. The van der Waals surface area contributed by atoms with E-state index in [0.29, 0.717) is 24.7 Å². The van der Waals surface area contributed by atoms with E-state index in [0.717, 1.165) is 76.4 Å². The molecule has 6 aromatic rings. The predicted octanol–water partition coefficient (Wildman–Crippen LogP) is 7.24. The van der Waals surface area contributed by atoms with Crippen molar-refractivity contribution < 1.29 is 37.4 Å². The Labute approximate surface area is 402 Å². The molecular weight excluding hydrogens is 899 g/mol. The topological polar surface area (TPSA) is 217 Å². The smallest absolute Gasteiger partial charge is 0.407 e. The summed E-state index contributed by atoms with van der Waals surface area (Å²) < 4.78 is 36.8. The number of hydrogen-bond donors (Lipinski definition) is 5. The van der Waals surface area contributed by atoms with E-state index in [2.05, 4.69) is 25.2 Å². The van der Waals surface area contributed by atoms with Crippen LogP contribution in [0.15, 0.2) is 102 Å². The predicted molar refractivity (Wildman–Crippen MR) is 261 cm³/mol. The molecule has 2 aliphatic heterocycles. The molecule has 5 N–H and O–H groups in total. The molecule has 69 heavy (non-hydrogen) atoms. The summed E-state index contributed by atoms with van der Waals surface area (Å²) in [5.41, 5.74) is 7.83. The van der Waals surface area contributed by atoms with Gasteiger partial charge in [0.25, 0.3) is 0 Å². The maximum Gasteiger partial charge on any atom is 0.407 e. The fourth-order valence-electron chi connectivity index (χ4n) is 9.41. The number of nitrogens with one attached hydrogen (secondary N) is 4. The van der Waals surface area contributed by atoms with Crippen LogP contribution >= 0.6 is 0 Å². The summed E-state index contributed by atoms with van der Waals surface area (Å²) >= 11 is 0. The van der Waals surface area contributed by atoms with Gasteiger partial charge in [-0.15, -0.1) is 0 Å². The first kappa shape index (κ1) is 48.8. The summed E-state index contributed by atoms with van der Waals surface area (Å²) in [6.45, 7) is 8.77. The maximum absolute atomic E-state index is 13.8. The summed E-state index contributed by atoms with van der Waals surface area (Å²) in [5, 5.41) is 15.7. The molecule has 2 saturated heterocycles. The summed E-state index contributed by atoms with van der Waals surface area (Å²) in [6, 6.07) is 25.3. The number of likely N-dealkylation sites (tertiary alicyclic amines) is 2. The quantitative estimate of drug-likeness (QED) is 0.0610. The van der Waals surface area contributed by atoms with E-state index in [1.807, 2.05) is 105 Å². The van der Waals surface area contributed by atoms with Crippen LogP contribution in [0.25, 0.3) is 50.7 Å². The van der Waals surface area contributed by atoms with E-state index >= 15 is 0 Å². The Morgan fingerprint density at radius 2 is 1.13 bits per heavy atom. The van der Waals surface area contributed by atoms with E-state index in [1.165, 1.54) is 20.5 Å². The second-order valence-corrected chi connectivity index (χ2v) is 20.5. The van der Waals surface area contributed by atoms with Crippen molar-refractivity contribution in [2.45, 2.75) is 88.9 Å². The Morgan fingerprint density at radius 3 is 1.55 bits per heavy atom. The molecule has 1 unspecified atom stereocenters. The molecule has 0 aliphatic carbocycles. The molecular formula is C51H61N9O8S. The van der Waals surface area contributed by atoms with Crippen LogP contribution in [0.5, 0.6) is 0 Å². The van der Waals surface area contributed by atoms with Gasteiger partial charge < -0.3 is 44.2 Å². The van der Waals surface area contributed by atoms with Gasteiger partial charge in [0.15, 0.2) is 9.84 Å². The summed E-state index contributed by atoms with van der Waals surface area (Å²) in [5.74, 6) is 0.864. The van der Waals surface area contributed by atoms with Gasteiger partial charge in [-0.25, -0.2) is 23.2 Å². The summed E-state index contributed by atoms with van der Waals surface area (Å²) in [7, 11) is -0.769. The number of nitrogens with zero attached hydrogens (tertiary/aromatic N) is 5. The highest BCUT2D eigenvalue weighted by Crippen LogP contribution is 2.37. The average Bonchev–Trinajstić information content (AvgIpc) is 4.21. The Morgan fingerprint density at radius 1 is 0.681 bits per heavy atom. The number of carbonyl (C=O) groups excluding carboxylic acids is 3. The van der Waals surface area contributed by atoms with Crippen LogP contribution in [0.1, 0.15) is 77.1 Å². The zero-order valence-electron chi connectivity index (χ0n) is 40.0. The molecule has 5 heterocycles. The van der Waals surface area contributed by atoms with Crippen LogP contribution in [0.2, 0.25) is 0 Å². The minimum absolute atomic E-state index is 0.0829. The van der Waals surface area contributed by atoms with Crippen LogP contribution in [-0.2, 0) is 28.9 Å². The molecule has 3 amide bonds. The molecule has 0 spiro atoms. The fourth-order valence-corrected chi connectivity index (χ4v) is 10.0. The molecule has 364 valence electrons. The van der Waals surface area contributed by atoms with Gasteiger partial charge in [0.05, 0.1) is 65.3 Å². The third-order valence-corrected chi connectivity index (χ3v) is 14.3. The molecule has 2 aliphatic rings. The number of aliphatic hydroxyl groups excluding tert-OH is 1. The first-order valence-electron chi connectivity index (χ1n) is 23.3. The zero-order chi connectivity index (χ0) is 49.1. The molecule has 5 atom stereocenters. The number of hydrogen-bond acceptors (Lipinski definition) is 11. The van der Waals surface area contributed by atoms with Gasteiger partial charge >= 0.3 is 6.09 Å². The Hall–Kier alpha value is -6.60. The Bertz CT molecular complexity index is 2870. The van der Waals surface area contributed by atoms with E-state index in [4.69, 9.17) is 19.4 Å². The molecule has 0 bridgehead atoms. The van der Waals surface area contributed by atoms with Gasteiger partial charge in [0.1, 0.15) is 17.7 Å². The van der Waals surface area contributed by atoms with Gasteiger partial charge in [-0.3, -0.25) is 14.9 Å². The number of carbonyl (C=O) groups is 3. The first-order chi connectivity index (χ1) is 33.1. The number of amides is 3. The second-order valence-electron chi connectivity index (χ2n) is 18.4. The van der Waals surface area contributed by atoms with Crippen LogP contribution in [0.4, 0.5) is 4.79 Å². The highest BCUT2D eigenvalue weighted by molar-refractivity contribution is 7.90. The minimum atomic E-state index is -3.42. The second kappa shape index (κ2) is 20.6. The average molecular weight is 960 g/mol. The fraction of sp³-hybridized carbons (Fsp3) is 0.392. The van der Waals surface area contributed by atoms with Crippen LogP contribution in [0, 0.1) is 11.8 Å². The van der Waals surface area contributed by atoms with Crippen molar-refractivity contribution in [1.29, 1.82) is 0 Å². The lowest BCUT2D eigenvalue weighted by Gasteiger charge is -2.31. The number of benzene rings is 3. The number of ether oxygens (including phenoxy) is 2. The van der Waals surface area contributed by atoms with Crippen molar-refractivity contribution in [1.82, 2.24) is 44.9 Å². The molecule has 18 heteroatoms. The SMILES string of the molecule is COC(=O)N[C@H](C(=O)N1CCC[C@H]1c1ncc(-c2ccc(-c3ccc(-c4ccc(-c5cnc([C@@H]6CCCN6C(=O)[C@@H](NC(O)OC)C(C)C)[nH]5)cc4)n3-c3ccc(S(C)(=O)=O)cc3)cc2)[nH]1)C(C)C. The molecule has 0 saturated carbocycles. The van der Waals surface area contributed by atoms with Crippen molar-refractivity contribution in [2.24, 2.45) is 11.8 Å². The lowest BCUT2D eigenvalue weighted by atomic mass is 10.0. The van der Waals surface area contributed by atoms with Gasteiger partial charge in [0.2, 0.25) is 18.2 Å². The number of H-pyrrole nitrogens is 2. The van der Waals surface area contributed by atoms with Crippen molar-refractivity contribution >= 4 is 27.7 Å². The highest BCUT2D eigenvalue weighted by Gasteiger charge is 2.39. The minimum Gasteiger partial charge on any atom is -0.453 e. The largest absolute Gasteiger partial charge is 0.453 e.